The highest BCUT2D eigenvalue weighted by Gasteiger charge is 2.20. The van der Waals surface area contributed by atoms with Gasteiger partial charge in [0.2, 0.25) is 0 Å². The molecule has 2 aromatic carbocycles. The van der Waals surface area contributed by atoms with Gasteiger partial charge in [0.15, 0.2) is 0 Å². The Morgan fingerprint density at radius 1 is 0.622 bits per heavy atom. The summed E-state index contributed by atoms with van der Waals surface area (Å²) in [5, 5.41) is 2.24. The fraction of sp³-hybridized carbons (Fsp3) is 0.643. The molecule has 37 heavy (non-hydrogen) atoms. The van der Waals surface area contributed by atoms with Crippen LogP contribution in [0.3, 0.4) is 0 Å². The lowest BCUT2D eigenvalue weighted by molar-refractivity contribution is 0.00283. The number of rotatable bonds is 24. The third-order valence-corrected chi connectivity index (χ3v) is 6.73. The molecule has 8 nitrogen and oxygen atoms in total. The normalized spacial score (nSPS) is 13.1. The molecule has 1 N–H and O–H groups in total. The average Bonchev–Trinajstić information content (AvgIpc) is 2.90. The van der Waals surface area contributed by atoms with Crippen LogP contribution in [0, 0.1) is 0 Å². The van der Waals surface area contributed by atoms with Crippen LogP contribution in [0.15, 0.2) is 42.5 Å². The Morgan fingerprint density at radius 2 is 1.16 bits per heavy atom. The molecule has 2 rings (SSSR count). The predicted octanol–water partition coefficient (Wildman–Crippen LogP) is 6.54. The van der Waals surface area contributed by atoms with Gasteiger partial charge in [0, 0.05) is 5.39 Å². The monoisotopic (exact) mass is 540 g/mol. The first-order chi connectivity index (χ1) is 18.1. The highest BCUT2D eigenvalue weighted by Crippen LogP contribution is 2.43. The molecule has 0 aliphatic carbocycles. The summed E-state index contributed by atoms with van der Waals surface area (Å²) in [5.41, 5.74) is 0. The summed E-state index contributed by atoms with van der Waals surface area (Å²) in [5.74, 6) is 0.853. The van der Waals surface area contributed by atoms with Gasteiger partial charge in [-0.15, -0.1) is 0 Å². The van der Waals surface area contributed by atoms with E-state index in [-0.39, 0.29) is 19.8 Å². The van der Waals surface area contributed by atoms with Gasteiger partial charge in [0.1, 0.15) is 12.4 Å². The summed E-state index contributed by atoms with van der Waals surface area (Å²) >= 11 is 0. The molecule has 0 heterocycles. The SMILES string of the molecule is CCCCCCCCCCOP(=O)(O)OCCOCCOCCOCCOc1cccc2ccccc12. The summed E-state index contributed by atoms with van der Waals surface area (Å²) in [6.45, 7) is 5.25. The van der Waals surface area contributed by atoms with Crippen molar-refractivity contribution in [3.63, 3.8) is 0 Å². The van der Waals surface area contributed by atoms with Crippen molar-refractivity contribution in [2.75, 3.05) is 59.5 Å². The lowest BCUT2D eigenvalue weighted by Crippen LogP contribution is -2.13. The van der Waals surface area contributed by atoms with E-state index in [1.54, 1.807) is 0 Å². The summed E-state index contributed by atoms with van der Waals surface area (Å²) in [4.78, 5) is 9.70. The molecular formula is C28H45O8P. The third kappa shape index (κ3) is 15.5. The number of ether oxygens (including phenoxy) is 4. The molecule has 0 spiro atoms. The van der Waals surface area contributed by atoms with Crippen LogP contribution in [-0.2, 0) is 27.8 Å². The quantitative estimate of drug-likeness (QED) is 0.118. The molecule has 0 aliphatic heterocycles. The Balaban J connectivity index is 1.34. The minimum atomic E-state index is -4.01. The molecular weight excluding hydrogens is 495 g/mol. The van der Waals surface area contributed by atoms with Crippen molar-refractivity contribution in [2.45, 2.75) is 58.3 Å². The van der Waals surface area contributed by atoms with Gasteiger partial charge in [-0.25, -0.2) is 4.57 Å². The summed E-state index contributed by atoms with van der Waals surface area (Å²) < 4.78 is 44.0. The van der Waals surface area contributed by atoms with Gasteiger partial charge in [0.25, 0.3) is 0 Å². The minimum absolute atomic E-state index is 0.00891. The highest BCUT2D eigenvalue weighted by molar-refractivity contribution is 7.47. The minimum Gasteiger partial charge on any atom is -0.491 e. The van der Waals surface area contributed by atoms with Crippen LogP contribution >= 0.6 is 7.82 Å². The standard InChI is InChI=1S/C28H45O8P/c1-2-3-4-5-6-7-8-11-17-35-37(29,30)36-25-23-33-21-19-31-18-20-32-22-24-34-28-16-12-14-26-13-9-10-15-27(26)28/h9-10,12-16H,2-8,11,17-25H2,1H3,(H,29,30). The number of benzene rings is 2. The summed E-state index contributed by atoms with van der Waals surface area (Å²) in [6, 6.07) is 14.1. The van der Waals surface area contributed by atoms with E-state index < -0.39 is 7.82 Å². The molecule has 1 unspecified atom stereocenters. The molecule has 0 amide bonds. The second-order valence-electron chi connectivity index (χ2n) is 8.77. The number of unbranched alkanes of at least 4 members (excludes halogenated alkanes) is 7. The van der Waals surface area contributed by atoms with Crippen molar-refractivity contribution < 1.29 is 37.5 Å². The molecule has 0 saturated carbocycles. The van der Waals surface area contributed by atoms with Gasteiger partial charge < -0.3 is 23.8 Å². The molecule has 1 atom stereocenters. The van der Waals surface area contributed by atoms with E-state index in [0.717, 1.165) is 35.8 Å². The maximum Gasteiger partial charge on any atom is 0.472 e. The van der Waals surface area contributed by atoms with E-state index >= 15 is 0 Å². The van der Waals surface area contributed by atoms with Crippen LogP contribution in [0.25, 0.3) is 10.8 Å². The second-order valence-corrected chi connectivity index (χ2v) is 10.2. The number of hydrogen-bond acceptors (Lipinski definition) is 7. The van der Waals surface area contributed by atoms with Gasteiger partial charge >= 0.3 is 7.82 Å². The van der Waals surface area contributed by atoms with Crippen molar-refractivity contribution >= 4 is 18.6 Å². The van der Waals surface area contributed by atoms with Crippen LogP contribution in [0.1, 0.15) is 58.3 Å². The smallest absolute Gasteiger partial charge is 0.472 e. The third-order valence-electron chi connectivity index (χ3n) is 5.71. The van der Waals surface area contributed by atoms with Crippen molar-refractivity contribution in [3.05, 3.63) is 42.5 Å². The number of phosphoric acid groups is 1. The van der Waals surface area contributed by atoms with Crippen LogP contribution < -0.4 is 4.74 Å². The Morgan fingerprint density at radius 3 is 1.86 bits per heavy atom. The first-order valence-electron chi connectivity index (χ1n) is 13.6. The van der Waals surface area contributed by atoms with E-state index in [1.807, 2.05) is 30.3 Å². The van der Waals surface area contributed by atoms with Crippen LogP contribution in [0.4, 0.5) is 0 Å². The lowest BCUT2D eigenvalue weighted by atomic mass is 10.1. The van der Waals surface area contributed by atoms with Gasteiger partial charge in [-0.05, 0) is 17.9 Å². The number of phosphoric ester groups is 1. The zero-order valence-electron chi connectivity index (χ0n) is 22.3. The Hall–Kier alpha value is -1.51. The van der Waals surface area contributed by atoms with Crippen molar-refractivity contribution in [1.82, 2.24) is 0 Å². The van der Waals surface area contributed by atoms with Gasteiger partial charge in [-0.1, -0.05) is 88.3 Å². The van der Waals surface area contributed by atoms with Gasteiger partial charge in [-0.2, -0.15) is 0 Å². The van der Waals surface area contributed by atoms with Crippen molar-refractivity contribution in [3.8, 4) is 5.75 Å². The lowest BCUT2D eigenvalue weighted by Gasteiger charge is -2.12. The Bertz CT molecular complexity index is 873. The molecule has 9 heteroatoms. The Kier molecular flexibility index (Phi) is 17.5. The van der Waals surface area contributed by atoms with E-state index in [0.29, 0.717) is 39.6 Å². The van der Waals surface area contributed by atoms with Gasteiger partial charge in [-0.3, -0.25) is 9.05 Å². The van der Waals surface area contributed by atoms with Crippen molar-refractivity contribution in [2.24, 2.45) is 0 Å². The zero-order chi connectivity index (χ0) is 26.4. The molecule has 210 valence electrons. The molecule has 0 fully saturated rings. The number of fused-ring (bicyclic) bond motifs is 1. The maximum absolute atomic E-state index is 11.8. The summed E-state index contributed by atoms with van der Waals surface area (Å²) in [6.07, 6.45) is 9.20. The fourth-order valence-electron chi connectivity index (χ4n) is 3.74. The molecule has 2 aromatic rings. The molecule has 0 aliphatic rings. The van der Waals surface area contributed by atoms with E-state index in [4.69, 9.17) is 28.0 Å². The molecule has 0 bridgehead atoms. The largest absolute Gasteiger partial charge is 0.491 e. The highest BCUT2D eigenvalue weighted by atomic mass is 31.2. The van der Waals surface area contributed by atoms with E-state index in [9.17, 15) is 9.46 Å². The zero-order valence-corrected chi connectivity index (χ0v) is 23.2. The fourth-order valence-corrected chi connectivity index (χ4v) is 4.48. The first-order valence-corrected chi connectivity index (χ1v) is 15.1. The topological polar surface area (TPSA) is 92.7 Å². The molecule has 0 radical (unpaired) electrons. The average molecular weight is 541 g/mol. The Labute approximate surface area is 222 Å². The number of hydrogen-bond donors (Lipinski definition) is 1. The van der Waals surface area contributed by atoms with E-state index in [2.05, 4.69) is 19.1 Å². The van der Waals surface area contributed by atoms with Crippen LogP contribution in [-0.4, -0.2) is 64.4 Å². The maximum atomic E-state index is 11.8. The summed E-state index contributed by atoms with van der Waals surface area (Å²) in [7, 11) is -4.01. The van der Waals surface area contributed by atoms with Gasteiger partial charge in [0.05, 0.1) is 52.9 Å². The van der Waals surface area contributed by atoms with Crippen LogP contribution in [0.2, 0.25) is 0 Å². The first kappa shape index (κ1) is 31.7. The molecule has 0 saturated heterocycles. The second kappa shape index (κ2) is 20.5. The van der Waals surface area contributed by atoms with E-state index in [1.165, 1.54) is 32.1 Å². The van der Waals surface area contributed by atoms with Crippen molar-refractivity contribution in [1.29, 1.82) is 0 Å². The molecule has 0 aromatic heterocycles. The van der Waals surface area contributed by atoms with Crippen LogP contribution in [0.5, 0.6) is 5.75 Å². The predicted molar refractivity (Wildman–Crippen MR) is 146 cm³/mol.